The van der Waals surface area contributed by atoms with E-state index in [1.807, 2.05) is 58.2 Å². The van der Waals surface area contributed by atoms with E-state index in [2.05, 4.69) is 10.6 Å². The maximum Gasteiger partial charge on any atom is 0.408 e. The third kappa shape index (κ3) is 9.51. The predicted octanol–water partition coefficient (Wildman–Crippen LogP) is 6.15. The molecule has 7 nitrogen and oxygen atoms in total. The lowest BCUT2D eigenvalue weighted by molar-refractivity contribution is -0.149. The second kappa shape index (κ2) is 14.2. The second-order valence-corrected chi connectivity index (χ2v) is 13.0. The Hall–Kier alpha value is -2.22. The van der Waals surface area contributed by atoms with Crippen LogP contribution in [-0.4, -0.2) is 58.0 Å². The summed E-state index contributed by atoms with van der Waals surface area (Å²) in [6.07, 6.45) is 7.69. The molecule has 2 atom stereocenters. The number of amides is 3. The van der Waals surface area contributed by atoms with Crippen LogP contribution >= 0.6 is 11.8 Å². The van der Waals surface area contributed by atoms with Gasteiger partial charge in [0.15, 0.2) is 0 Å². The van der Waals surface area contributed by atoms with E-state index in [4.69, 9.17) is 4.74 Å². The molecule has 8 heteroatoms. The van der Waals surface area contributed by atoms with Gasteiger partial charge in [-0.25, -0.2) is 4.79 Å². The van der Waals surface area contributed by atoms with Gasteiger partial charge in [0.25, 0.3) is 0 Å². The van der Waals surface area contributed by atoms with Crippen LogP contribution in [-0.2, 0) is 14.3 Å². The van der Waals surface area contributed by atoms with Gasteiger partial charge >= 0.3 is 6.09 Å². The number of benzene rings is 1. The van der Waals surface area contributed by atoms with Crippen LogP contribution in [0.2, 0.25) is 0 Å². The number of carbonyl (C=O) groups is 3. The first-order valence-electron chi connectivity index (χ1n) is 14.0. The Morgan fingerprint density at radius 3 is 2.18 bits per heavy atom. The molecule has 1 aliphatic rings. The van der Waals surface area contributed by atoms with Gasteiger partial charge in [0.05, 0.1) is 0 Å². The van der Waals surface area contributed by atoms with Gasteiger partial charge in [0.1, 0.15) is 17.7 Å². The number of carbonyl (C=O) groups excluding carboxylic acids is 3. The number of hydrogen-bond acceptors (Lipinski definition) is 5. The van der Waals surface area contributed by atoms with Gasteiger partial charge in [0.2, 0.25) is 11.8 Å². The van der Waals surface area contributed by atoms with Crippen molar-refractivity contribution >= 4 is 29.7 Å². The molecule has 0 saturated heterocycles. The number of nitrogens with one attached hydrogen (secondary N) is 2. The molecule has 0 heterocycles. The topological polar surface area (TPSA) is 87.7 Å². The van der Waals surface area contributed by atoms with Crippen LogP contribution in [0.4, 0.5) is 4.79 Å². The maximum atomic E-state index is 14.4. The van der Waals surface area contributed by atoms with Crippen molar-refractivity contribution in [3.63, 3.8) is 0 Å². The minimum Gasteiger partial charge on any atom is -0.444 e. The third-order valence-corrected chi connectivity index (χ3v) is 7.85. The molecule has 1 aromatic rings. The lowest BCUT2D eigenvalue weighted by Gasteiger charge is -2.45. The average Bonchev–Trinajstić information content (AvgIpc) is 2.84. The summed E-state index contributed by atoms with van der Waals surface area (Å²) < 4.78 is 5.49. The molecule has 2 rings (SSSR count). The summed E-state index contributed by atoms with van der Waals surface area (Å²) in [6.45, 7) is 13.4. The van der Waals surface area contributed by atoms with Crippen LogP contribution in [0, 0.1) is 6.92 Å². The summed E-state index contributed by atoms with van der Waals surface area (Å²) in [6, 6.07) is 6.29. The smallest absolute Gasteiger partial charge is 0.408 e. The Morgan fingerprint density at radius 2 is 1.66 bits per heavy atom. The number of hydrogen-bond donors (Lipinski definition) is 2. The summed E-state index contributed by atoms with van der Waals surface area (Å²) >= 11 is 1.61. The number of aryl methyl sites for hydroxylation is 1. The quantitative estimate of drug-likeness (QED) is 0.347. The monoisotopic (exact) mass is 547 g/mol. The molecule has 1 aromatic carbocycles. The Kier molecular flexibility index (Phi) is 12.0. The maximum absolute atomic E-state index is 14.4. The zero-order valence-electron chi connectivity index (χ0n) is 24.7. The molecule has 3 amide bonds. The lowest BCUT2D eigenvalue weighted by atomic mass is 9.90. The Labute approximate surface area is 234 Å². The summed E-state index contributed by atoms with van der Waals surface area (Å²) in [4.78, 5) is 42.9. The number of nitrogens with zero attached hydrogens (tertiary/aromatic N) is 1. The summed E-state index contributed by atoms with van der Waals surface area (Å²) in [5.74, 6) is 0.230. The second-order valence-electron chi connectivity index (χ2n) is 12.0. The molecule has 2 N–H and O–H groups in total. The van der Waals surface area contributed by atoms with Crippen molar-refractivity contribution in [1.29, 1.82) is 0 Å². The van der Waals surface area contributed by atoms with Gasteiger partial charge in [-0.05, 0) is 84.8 Å². The van der Waals surface area contributed by atoms with Crippen LogP contribution in [0.15, 0.2) is 24.3 Å². The van der Waals surface area contributed by atoms with Crippen molar-refractivity contribution in [2.75, 3.05) is 12.0 Å². The number of ether oxygens (including phenoxy) is 1. The first-order chi connectivity index (χ1) is 17.8. The van der Waals surface area contributed by atoms with Crippen LogP contribution in [0.1, 0.15) is 104 Å². The SMILES string of the molecule is CCC(C)(C)N(C(=O)C(CCSC)NC(=O)OC(C)(C)C)C(C(=O)NC1CCCCC1)c1ccc(C)cc1. The molecule has 1 fully saturated rings. The largest absolute Gasteiger partial charge is 0.444 e. The highest BCUT2D eigenvalue weighted by Crippen LogP contribution is 2.33. The number of thioether (sulfide) groups is 1. The zero-order valence-corrected chi connectivity index (χ0v) is 25.5. The molecule has 2 unspecified atom stereocenters. The number of alkyl carbamates (subject to hydrolysis) is 1. The molecule has 0 bridgehead atoms. The van der Waals surface area contributed by atoms with E-state index >= 15 is 0 Å². The molecular formula is C30H49N3O4S. The van der Waals surface area contributed by atoms with Crippen molar-refractivity contribution in [2.45, 2.75) is 123 Å². The third-order valence-electron chi connectivity index (χ3n) is 7.21. The highest BCUT2D eigenvalue weighted by Gasteiger charge is 2.43. The minimum absolute atomic E-state index is 0.109. The van der Waals surface area contributed by atoms with Gasteiger partial charge in [0, 0.05) is 11.6 Å². The normalized spacial score (nSPS) is 16.3. The van der Waals surface area contributed by atoms with Gasteiger partial charge in [-0.15, -0.1) is 0 Å². The molecule has 0 radical (unpaired) electrons. The molecule has 0 aliphatic heterocycles. The van der Waals surface area contributed by atoms with Crippen molar-refractivity contribution in [3.05, 3.63) is 35.4 Å². The highest BCUT2D eigenvalue weighted by atomic mass is 32.2. The van der Waals surface area contributed by atoms with Crippen LogP contribution in [0.3, 0.4) is 0 Å². The molecular weight excluding hydrogens is 498 g/mol. The van der Waals surface area contributed by atoms with E-state index in [9.17, 15) is 14.4 Å². The molecule has 214 valence electrons. The van der Waals surface area contributed by atoms with Crippen LogP contribution in [0.5, 0.6) is 0 Å². The van der Waals surface area contributed by atoms with Crippen molar-refractivity contribution in [1.82, 2.24) is 15.5 Å². The van der Waals surface area contributed by atoms with Crippen molar-refractivity contribution in [2.24, 2.45) is 0 Å². The van der Waals surface area contributed by atoms with Crippen LogP contribution in [0.25, 0.3) is 0 Å². The fourth-order valence-corrected chi connectivity index (χ4v) is 5.22. The standard InChI is InChI=1S/C30H49N3O4S/c1-9-30(6,7)33(27(35)24(19-20-38-8)32-28(36)37-29(3,4)5)25(22-17-15-21(2)16-18-22)26(34)31-23-13-11-10-12-14-23/h15-18,23-25H,9-14,19-20H2,1-8H3,(H,31,34)(H,32,36). The van der Waals surface area contributed by atoms with E-state index in [1.54, 1.807) is 37.4 Å². The lowest BCUT2D eigenvalue weighted by Crippen LogP contribution is -2.60. The fraction of sp³-hybridized carbons (Fsp3) is 0.700. The molecule has 38 heavy (non-hydrogen) atoms. The van der Waals surface area contributed by atoms with Gasteiger partial charge < -0.3 is 20.3 Å². The molecule has 1 saturated carbocycles. The van der Waals surface area contributed by atoms with E-state index in [0.29, 0.717) is 18.6 Å². The van der Waals surface area contributed by atoms with Crippen LogP contribution < -0.4 is 10.6 Å². The summed E-state index contributed by atoms with van der Waals surface area (Å²) in [5, 5.41) is 6.09. The Bertz CT molecular complexity index is 920. The van der Waals surface area contributed by atoms with E-state index < -0.39 is 29.3 Å². The van der Waals surface area contributed by atoms with E-state index in [-0.39, 0.29) is 17.9 Å². The number of rotatable bonds is 11. The molecule has 0 aromatic heterocycles. The van der Waals surface area contributed by atoms with E-state index in [0.717, 1.165) is 36.8 Å². The summed E-state index contributed by atoms with van der Waals surface area (Å²) in [5.41, 5.74) is 0.505. The van der Waals surface area contributed by atoms with Gasteiger partial charge in [-0.3, -0.25) is 9.59 Å². The molecule has 0 spiro atoms. The fourth-order valence-electron chi connectivity index (χ4n) is 4.75. The van der Waals surface area contributed by atoms with Gasteiger partial charge in [-0.1, -0.05) is 56.0 Å². The predicted molar refractivity (Wildman–Crippen MR) is 156 cm³/mol. The molecule has 1 aliphatic carbocycles. The zero-order chi connectivity index (χ0) is 28.5. The van der Waals surface area contributed by atoms with Gasteiger partial charge in [-0.2, -0.15) is 11.8 Å². The Balaban J connectivity index is 2.53. The Morgan fingerprint density at radius 1 is 1.05 bits per heavy atom. The van der Waals surface area contributed by atoms with Crippen molar-refractivity contribution in [3.8, 4) is 0 Å². The summed E-state index contributed by atoms with van der Waals surface area (Å²) in [7, 11) is 0. The van der Waals surface area contributed by atoms with E-state index in [1.165, 1.54) is 6.42 Å². The minimum atomic E-state index is -0.822. The average molecular weight is 548 g/mol. The first-order valence-corrected chi connectivity index (χ1v) is 15.4. The first kappa shape index (κ1) is 32.0. The highest BCUT2D eigenvalue weighted by molar-refractivity contribution is 7.98. The van der Waals surface area contributed by atoms with Crippen molar-refractivity contribution < 1.29 is 19.1 Å².